The van der Waals surface area contributed by atoms with Crippen LogP contribution in [0.5, 0.6) is 0 Å². The first-order chi connectivity index (χ1) is 13.7. The smallest absolute Gasteiger partial charge is 0.193 e. The molecule has 0 aromatic heterocycles. The SMILES string of the molecule is CCNC(=NCCCCN1CCC(C)CC1)N1CCC(OCCCOC)CC1.I. The van der Waals surface area contributed by atoms with Gasteiger partial charge in [0.15, 0.2) is 5.96 Å². The van der Waals surface area contributed by atoms with E-state index in [1.165, 1.54) is 45.3 Å². The van der Waals surface area contributed by atoms with Crippen LogP contribution in [0.4, 0.5) is 0 Å². The van der Waals surface area contributed by atoms with Gasteiger partial charge in [-0.1, -0.05) is 6.92 Å². The molecule has 2 fully saturated rings. The van der Waals surface area contributed by atoms with E-state index in [1.54, 1.807) is 7.11 Å². The fraction of sp³-hybridized carbons (Fsp3) is 0.955. The molecule has 0 unspecified atom stereocenters. The van der Waals surface area contributed by atoms with Gasteiger partial charge in [-0.2, -0.15) is 0 Å². The number of guanidine groups is 1. The molecule has 1 N–H and O–H groups in total. The summed E-state index contributed by atoms with van der Waals surface area (Å²) < 4.78 is 11.1. The second-order valence-electron chi connectivity index (χ2n) is 8.37. The van der Waals surface area contributed by atoms with Gasteiger partial charge in [0.05, 0.1) is 6.10 Å². The van der Waals surface area contributed by atoms with Crippen molar-refractivity contribution in [2.75, 3.05) is 66.1 Å². The molecular formula is C22H45IN4O2. The molecule has 2 heterocycles. The van der Waals surface area contributed by atoms with Gasteiger partial charge in [-0.15, -0.1) is 24.0 Å². The molecule has 0 spiro atoms. The maximum atomic E-state index is 5.98. The third-order valence-corrected chi connectivity index (χ3v) is 5.94. The number of aliphatic imine (C=N–C) groups is 1. The summed E-state index contributed by atoms with van der Waals surface area (Å²) in [5.74, 6) is 2.01. The van der Waals surface area contributed by atoms with Crippen molar-refractivity contribution in [3.8, 4) is 0 Å². The molecule has 172 valence electrons. The third kappa shape index (κ3) is 11.2. The van der Waals surface area contributed by atoms with Crippen LogP contribution in [0.3, 0.4) is 0 Å². The number of ether oxygens (including phenoxy) is 2. The van der Waals surface area contributed by atoms with E-state index in [-0.39, 0.29) is 24.0 Å². The fourth-order valence-corrected chi connectivity index (χ4v) is 4.03. The highest BCUT2D eigenvalue weighted by atomic mass is 127. The Morgan fingerprint density at radius 3 is 2.38 bits per heavy atom. The molecule has 0 atom stereocenters. The first kappa shape index (κ1) is 26.9. The minimum Gasteiger partial charge on any atom is -0.385 e. The summed E-state index contributed by atoms with van der Waals surface area (Å²) in [6.45, 7) is 13.9. The predicted octanol–water partition coefficient (Wildman–Crippen LogP) is 3.60. The number of unbranched alkanes of at least 4 members (excludes halogenated alkanes) is 1. The Hall–Kier alpha value is -0.120. The van der Waals surface area contributed by atoms with Crippen molar-refractivity contribution >= 4 is 29.9 Å². The molecule has 0 aromatic carbocycles. The number of nitrogens with zero attached hydrogens (tertiary/aromatic N) is 3. The molecular weight excluding hydrogens is 479 g/mol. The van der Waals surface area contributed by atoms with E-state index in [4.69, 9.17) is 14.5 Å². The fourth-order valence-electron chi connectivity index (χ4n) is 4.03. The summed E-state index contributed by atoms with van der Waals surface area (Å²) in [6, 6.07) is 0. The zero-order chi connectivity index (χ0) is 20.0. The minimum atomic E-state index is 0. The third-order valence-electron chi connectivity index (χ3n) is 5.94. The van der Waals surface area contributed by atoms with Crippen LogP contribution in [-0.4, -0.2) is 88.0 Å². The molecule has 7 heteroatoms. The van der Waals surface area contributed by atoms with Gasteiger partial charge in [-0.25, -0.2) is 0 Å². The Kier molecular flexibility index (Phi) is 15.4. The van der Waals surface area contributed by atoms with Gasteiger partial charge in [-0.05, 0) is 77.4 Å². The molecule has 0 saturated carbocycles. The Balaban J connectivity index is 0.00000420. The minimum absolute atomic E-state index is 0. The van der Waals surface area contributed by atoms with Gasteiger partial charge in [0.2, 0.25) is 0 Å². The average Bonchev–Trinajstić information content (AvgIpc) is 2.72. The normalized spacial score (nSPS) is 20.0. The van der Waals surface area contributed by atoms with Gasteiger partial charge in [-0.3, -0.25) is 4.99 Å². The highest BCUT2D eigenvalue weighted by Gasteiger charge is 2.21. The number of halogens is 1. The molecule has 2 saturated heterocycles. The van der Waals surface area contributed by atoms with Crippen molar-refractivity contribution in [1.82, 2.24) is 15.1 Å². The molecule has 0 radical (unpaired) electrons. The molecule has 0 bridgehead atoms. The lowest BCUT2D eigenvalue weighted by Crippen LogP contribution is -2.47. The number of piperidine rings is 2. The standard InChI is InChI=1S/C22H44N4O2.HI/c1-4-23-22(24-12-5-6-13-25-14-8-20(2)9-15-25)26-16-10-21(11-17-26)28-19-7-18-27-3;/h20-21H,4-19H2,1-3H3,(H,23,24);1H. The van der Waals surface area contributed by atoms with Crippen LogP contribution in [0.2, 0.25) is 0 Å². The van der Waals surface area contributed by atoms with E-state index < -0.39 is 0 Å². The summed E-state index contributed by atoms with van der Waals surface area (Å²) in [5, 5.41) is 3.48. The highest BCUT2D eigenvalue weighted by Crippen LogP contribution is 2.16. The maximum Gasteiger partial charge on any atom is 0.193 e. The molecule has 2 aliphatic heterocycles. The van der Waals surface area contributed by atoms with Crippen LogP contribution < -0.4 is 5.32 Å². The van der Waals surface area contributed by atoms with Crippen LogP contribution in [0, 0.1) is 5.92 Å². The molecule has 0 aromatic rings. The Bertz CT molecular complexity index is 423. The van der Waals surface area contributed by atoms with E-state index in [2.05, 4.69) is 29.0 Å². The second kappa shape index (κ2) is 16.6. The lowest BCUT2D eigenvalue weighted by atomic mass is 9.99. The molecule has 2 aliphatic rings. The number of hydrogen-bond donors (Lipinski definition) is 1. The summed E-state index contributed by atoms with van der Waals surface area (Å²) >= 11 is 0. The second-order valence-corrected chi connectivity index (χ2v) is 8.37. The summed E-state index contributed by atoms with van der Waals surface area (Å²) in [7, 11) is 1.74. The topological polar surface area (TPSA) is 49.3 Å². The van der Waals surface area contributed by atoms with Crippen molar-refractivity contribution < 1.29 is 9.47 Å². The number of hydrogen-bond acceptors (Lipinski definition) is 4. The average molecular weight is 525 g/mol. The predicted molar refractivity (Wildman–Crippen MR) is 133 cm³/mol. The Morgan fingerprint density at radius 1 is 1.00 bits per heavy atom. The summed E-state index contributed by atoms with van der Waals surface area (Å²) in [4.78, 5) is 9.94. The van der Waals surface area contributed by atoms with Gasteiger partial charge in [0.1, 0.15) is 0 Å². The van der Waals surface area contributed by atoms with Crippen LogP contribution in [-0.2, 0) is 9.47 Å². The maximum absolute atomic E-state index is 5.98. The van der Waals surface area contributed by atoms with Crippen molar-refractivity contribution in [3.63, 3.8) is 0 Å². The Morgan fingerprint density at radius 2 is 1.72 bits per heavy atom. The van der Waals surface area contributed by atoms with E-state index in [0.29, 0.717) is 6.10 Å². The Labute approximate surface area is 196 Å². The van der Waals surface area contributed by atoms with E-state index >= 15 is 0 Å². The zero-order valence-electron chi connectivity index (χ0n) is 19.0. The monoisotopic (exact) mass is 524 g/mol. The summed E-state index contributed by atoms with van der Waals surface area (Å²) in [6.07, 6.45) is 8.73. The molecule has 29 heavy (non-hydrogen) atoms. The van der Waals surface area contributed by atoms with Crippen molar-refractivity contribution in [2.24, 2.45) is 10.9 Å². The van der Waals surface area contributed by atoms with Gasteiger partial charge < -0.3 is 24.6 Å². The number of methoxy groups -OCH3 is 1. The van der Waals surface area contributed by atoms with Crippen LogP contribution in [0.25, 0.3) is 0 Å². The van der Waals surface area contributed by atoms with Crippen LogP contribution in [0.1, 0.15) is 58.8 Å². The number of rotatable bonds is 11. The van der Waals surface area contributed by atoms with Crippen molar-refractivity contribution in [1.29, 1.82) is 0 Å². The zero-order valence-corrected chi connectivity index (χ0v) is 21.4. The lowest BCUT2D eigenvalue weighted by molar-refractivity contribution is 0.00990. The van der Waals surface area contributed by atoms with E-state index in [1.807, 2.05) is 0 Å². The molecule has 0 amide bonds. The number of likely N-dealkylation sites (tertiary alicyclic amines) is 2. The van der Waals surface area contributed by atoms with Crippen molar-refractivity contribution in [3.05, 3.63) is 0 Å². The largest absolute Gasteiger partial charge is 0.385 e. The first-order valence-corrected chi connectivity index (χ1v) is 11.6. The molecule has 6 nitrogen and oxygen atoms in total. The van der Waals surface area contributed by atoms with Crippen molar-refractivity contribution in [2.45, 2.75) is 64.9 Å². The van der Waals surface area contributed by atoms with E-state index in [9.17, 15) is 0 Å². The van der Waals surface area contributed by atoms with Gasteiger partial charge in [0.25, 0.3) is 0 Å². The number of nitrogens with one attached hydrogen (secondary N) is 1. The van der Waals surface area contributed by atoms with Gasteiger partial charge in [0, 0.05) is 46.5 Å². The van der Waals surface area contributed by atoms with Crippen LogP contribution >= 0.6 is 24.0 Å². The first-order valence-electron chi connectivity index (χ1n) is 11.6. The van der Waals surface area contributed by atoms with E-state index in [0.717, 1.165) is 70.5 Å². The molecule has 2 rings (SSSR count). The summed E-state index contributed by atoms with van der Waals surface area (Å²) in [5.41, 5.74) is 0. The molecule has 0 aliphatic carbocycles. The van der Waals surface area contributed by atoms with Gasteiger partial charge >= 0.3 is 0 Å². The lowest BCUT2D eigenvalue weighted by Gasteiger charge is -2.34. The quantitative estimate of drug-likeness (QED) is 0.194. The van der Waals surface area contributed by atoms with Crippen LogP contribution in [0.15, 0.2) is 4.99 Å². The highest BCUT2D eigenvalue weighted by molar-refractivity contribution is 14.0.